The molecule has 0 spiro atoms. The molecule has 1 heterocycles. The molecular weight excluding hydrogens is 262 g/mol. The van der Waals surface area contributed by atoms with E-state index >= 15 is 0 Å². The van der Waals surface area contributed by atoms with Gasteiger partial charge < -0.3 is 16.4 Å². The second kappa shape index (κ2) is 5.96. The molecule has 1 saturated heterocycles. The number of carbonyl (C=O) groups excluding carboxylic acids is 1. The third-order valence-corrected chi connectivity index (χ3v) is 4.61. The van der Waals surface area contributed by atoms with Crippen molar-refractivity contribution in [1.29, 1.82) is 0 Å². The molecule has 1 fully saturated rings. The van der Waals surface area contributed by atoms with Crippen molar-refractivity contribution in [1.82, 2.24) is 0 Å². The average molecular weight is 289 g/mol. The fourth-order valence-corrected chi connectivity index (χ4v) is 3.17. The summed E-state index contributed by atoms with van der Waals surface area (Å²) in [5.74, 6) is 0.321. The molecule has 0 radical (unpaired) electrons. The predicted octanol–water partition coefficient (Wildman–Crippen LogP) is 3.02. The van der Waals surface area contributed by atoms with Crippen molar-refractivity contribution in [3.63, 3.8) is 0 Å². The largest absolute Gasteiger partial charge is 0.397 e. The second-order valence-electron chi connectivity index (χ2n) is 7.12. The highest BCUT2D eigenvalue weighted by Crippen LogP contribution is 2.36. The molecule has 1 aliphatic heterocycles. The smallest absolute Gasteiger partial charge is 0.248 e. The zero-order valence-corrected chi connectivity index (χ0v) is 13.4. The van der Waals surface area contributed by atoms with E-state index in [9.17, 15) is 4.79 Å². The Bertz CT molecular complexity index is 519. The summed E-state index contributed by atoms with van der Waals surface area (Å²) in [6.45, 7) is 8.91. The van der Waals surface area contributed by atoms with Gasteiger partial charge in [0, 0.05) is 18.7 Å². The maximum atomic E-state index is 11.4. The molecule has 0 bridgehead atoms. The molecule has 0 saturated carbocycles. The number of amides is 1. The quantitative estimate of drug-likeness (QED) is 0.822. The van der Waals surface area contributed by atoms with Gasteiger partial charge in [-0.05, 0) is 48.8 Å². The third-order valence-electron chi connectivity index (χ3n) is 4.61. The van der Waals surface area contributed by atoms with E-state index in [-0.39, 0.29) is 0 Å². The lowest BCUT2D eigenvalue weighted by Crippen LogP contribution is -2.27. The van der Waals surface area contributed by atoms with Crippen molar-refractivity contribution in [3.8, 4) is 0 Å². The van der Waals surface area contributed by atoms with E-state index < -0.39 is 5.91 Å². The van der Waals surface area contributed by atoms with Crippen LogP contribution in [0.25, 0.3) is 0 Å². The van der Waals surface area contributed by atoms with Gasteiger partial charge in [0.05, 0.1) is 11.4 Å². The lowest BCUT2D eigenvalue weighted by atomic mass is 9.77. The summed E-state index contributed by atoms with van der Waals surface area (Å²) in [7, 11) is 0. The Labute approximate surface area is 127 Å². The Kier molecular flexibility index (Phi) is 4.45. The molecule has 0 aliphatic carbocycles. The summed E-state index contributed by atoms with van der Waals surface area (Å²) in [5, 5.41) is 0. The van der Waals surface area contributed by atoms with Crippen LogP contribution in [0.2, 0.25) is 0 Å². The molecule has 1 amide bonds. The lowest BCUT2D eigenvalue weighted by molar-refractivity contribution is 0.100. The molecular formula is C17H27N3O. The summed E-state index contributed by atoms with van der Waals surface area (Å²) < 4.78 is 0. The molecule has 4 heteroatoms. The lowest BCUT2D eigenvalue weighted by Gasteiger charge is -2.30. The van der Waals surface area contributed by atoms with Crippen LogP contribution in [0, 0.1) is 11.3 Å². The van der Waals surface area contributed by atoms with E-state index in [0.29, 0.717) is 16.7 Å². The highest BCUT2D eigenvalue weighted by Gasteiger charge is 2.27. The summed E-state index contributed by atoms with van der Waals surface area (Å²) >= 11 is 0. The number of nitrogens with two attached hydrogens (primary N) is 2. The number of rotatable bonds is 2. The van der Waals surface area contributed by atoms with Gasteiger partial charge in [-0.25, -0.2) is 0 Å². The predicted molar refractivity (Wildman–Crippen MR) is 88.4 cm³/mol. The SMILES string of the molecule is CC(C)(C)C1CCCN(c2cc(C(N)=O)ccc2N)CC1. The summed E-state index contributed by atoms with van der Waals surface area (Å²) in [6, 6.07) is 5.30. The fourth-order valence-electron chi connectivity index (χ4n) is 3.17. The standard InChI is InChI=1S/C17H27N3O/c1-17(2,3)13-5-4-9-20(10-8-13)15-11-12(16(19)21)6-7-14(15)18/h6-7,11,13H,4-5,8-10,18H2,1-3H3,(H2,19,21). The zero-order chi connectivity index (χ0) is 15.6. The van der Waals surface area contributed by atoms with Crippen molar-refractivity contribution in [2.75, 3.05) is 23.7 Å². The topological polar surface area (TPSA) is 72.3 Å². The van der Waals surface area contributed by atoms with Crippen LogP contribution in [-0.4, -0.2) is 19.0 Å². The average Bonchev–Trinajstić information content (AvgIpc) is 2.64. The number of anilines is 2. The van der Waals surface area contributed by atoms with Crippen LogP contribution in [0.3, 0.4) is 0 Å². The number of hydrogen-bond donors (Lipinski definition) is 2. The van der Waals surface area contributed by atoms with E-state index in [0.717, 1.165) is 37.5 Å². The van der Waals surface area contributed by atoms with Crippen LogP contribution in [0.1, 0.15) is 50.4 Å². The van der Waals surface area contributed by atoms with Crippen molar-refractivity contribution in [2.24, 2.45) is 17.1 Å². The van der Waals surface area contributed by atoms with Gasteiger partial charge >= 0.3 is 0 Å². The number of primary amides is 1. The first-order valence-corrected chi connectivity index (χ1v) is 7.73. The second-order valence-corrected chi connectivity index (χ2v) is 7.12. The van der Waals surface area contributed by atoms with Crippen molar-refractivity contribution in [2.45, 2.75) is 40.0 Å². The maximum Gasteiger partial charge on any atom is 0.248 e. The number of hydrogen-bond acceptors (Lipinski definition) is 3. The molecule has 1 atom stereocenters. The van der Waals surface area contributed by atoms with Crippen LogP contribution in [0.15, 0.2) is 18.2 Å². The van der Waals surface area contributed by atoms with Gasteiger partial charge in [0.25, 0.3) is 0 Å². The van der Waals surface area contributed by atoms with Crippen LogP contribution < -0.4 is 16.4 Å². The Balaban J connectivity index is 2.19. The Morgan fingerprint density at radius 1 is 1.24 bits per heavy atom. The number of nitrogens with zero attached hydrogens (tertiary/aromatic N) is 1. The third kappa shape index (κ3) is 3.69. The van der Waals surface area contributed by atoms with Crippen LogP contribution >= 0.6 is 0 Å². The van der Waals surface area contributed by atoms with Crippen LogP contribution in [0.5, 0.6) is 0 Å². The molecule has 4 N–H and O–H groups in total. The normalized spacial score (nSPS) is 20.1. The van der Waals surface area contributed by atoms with Gasteiger partial charge in [0.15, 0.2) is 0 Å². The van der Waals surface area contributed by atoms with Gasteiger partial charge in [-0.2, -0.15) is 0 Å². The van der Waals surface area contributed by atoms with Gasteiger partial charge in [-0.1, -0.05) is 20.8 Å². The monoisotopic (exact) mass is 289 g/mol. The Hall–Kier alpha value is -1.71. The molecule has 2 rings (SSSR count). The van der Waals surface area contributed by atoms with Gasteiger partial charge in [-0.15, -0.1) is 0 Å². The molecule has 1 unspecified atom stereocenters. The molecule has 21 heavy (non-hydrogen) atoms. The van der Waals surface area contributed by atoms with E-state index in [1.165, 1.54) is 6.42 Å². The number of benzene rings is 1. The summed E-state index contributed by atoms with van der Waals surface area (Å²) in [4.78, 5) is 13.7. The van der Waals surface area contributed by atoms with Crippen molar-refractivity contribution in [3.05, 3.63) is 23.8 Å². The van der Waals surface area contributed by atoms with E-state index in [1.54, 1.807) is 12.1 Å². The molecule has 1 aromatic rings. The summed E-state index contributed by atoms with van der Waals surface area (Å²) in [5.41, 5.74) is 14.0. The van der Waals surface area contributed by atoms with Gasteiger partial charge in [-0.3, -0.25) is 4.79 Å². The molecule has 1 aromatic carbocycles. The fraction of sp³-hybridized carbons (Fsp3) is 0.588. The van der Waals surface area contributed by atoms with E-state index in [2.05, 4.69) is 25.7 Å². The van der Waals surface area contributed by atoms with Crippen molar-refractivity contribution >= 4 is 17.3 Å². The molecule has 4 nitrogen and oxygen atoms in total. The molecule has 116 valence electrons. The highest BCUT2D eigenvalue weighted by molar-refractivity contribution is 5.95. The molecule has 0 aromatic heterocycles. The van der Waals surface area contributed by atoms with Crippen molar-refractivity contribution < 1.29 is 4.79 Å². The van der Waals surface area contributed by atoms with Crippen LogP contribution in [-0.2, 0) is 0 Å². The first-order chi connectivity index (χ1) is 9.79. The number of nitrogen functional groups attached to an aromatic ring is 1. The Morgan fingerprint density at radius 2 is 1.95 bits per heavy atom. The zero-order valence-electron chi connectivity index (χ0n) is 13.4. The minimum Gasteiger partial charge on any atom is -0.397 e. The van der Waals surface area contributed by atoms with E-state index in [4.69, 9.17) is 11.5 Å². The van der Waals surface area contributed by atoms with Gasteiger partial charge in [0.2, 0.25) is 5.91 Å². The minimum atomic E-state index is -0.404. The van der Waals surface area contributed by atoms with Gasteiger partial charge in [0.1, 0.15) is 0 Å². The summed E-state index contributed by atoms with van der Waals surface area (Å²) in [6.07, 6.45) is 3.56. The first-order valence-electron chi connectivity index (χ1n) is 7.73. The highest BCUT2D eigenvalue weighted by atomic mass is 16.1. The Morgan fingerprint density at radius 3 is 2.57 bits per heavy atom. The first kappa shape index (κ1) is 15.7. The van der Waals surface area contributed by atoms with Crippen LogP contribution in [0.4, 0.5) is 11.4 Å². The minimum absolute atomic E-state index is 0.344. The van der Waals surface area contributed by atoms with E-state index in [1.807, 2.05) is 6.07 Å². The molecule has 1 aliphatic rings. The number of carbonyl (C=O) groups is 1. The maximum absolute atomic E-state index is 11.4.